The van der Waals surface area contributed by atoms with Crippen molar-refractivity contribution in [3.63, 3.8) is 0 Å². The molecule has 0 aliphatic carbocycles. The van der Waals surface area contributed by atoms with Crippen LogP contribution in [0, 0.1) is 13.8 Å². The smallest absolute Gasteiger partial charge is 0.252 e. The van der Waals surface area contributed by atoms with Crippen LogP contribution in [0.4, 0.5) is 0 Å². The minimum Gasteiger partial charge on any atom is -0.464 e. The molecular formula is C16H20N2O4S. The van der Waals surface area contributed by atoms with Gasteiger partial charge in [-0.15, -0.1) is 0 Å². The fourth-order valence-electron chi connectivity index (χ4n) is 2.16. The third-order valence-electron chi connectivity index (χ3n) is 3.57. The number of rotatable bonds is 5. The van der Waals surface area contributed by atoms with E-state index in [1.54, 1.807) is 26.0 Å². The molecule has 0 saturated carbocycles. The van der Waals surface area contributed by atoms with Gasteiger partial charge in [0.1, 0.15) is 11.5 Å². The molecule has 2 aromatic rings. The SMILES string of the molecule is CNS(=O)(=O)c1ccc(C)c(C(=O)NC(C)c2ccc(C)o2)c1. The number of carbonyl (C=O) groups excluding carboxylic acids is 1. The van der Waals surface area contributed by atoms with Crippen LogP contribution in [-0.2, 0) is 10.0 Å². The van der Waals surface area contributed by atoms with Crippen LogP contribution in [0.5, 0.6) is 0 Å². The molecule has 7 heteroatoms. The molecule has 0 spiro atoms. The van der Waals surface area contributed by atoms with Gasteiger partial charge >= 0.3 is 0 Å². The topological polar surface area (TPSA) is 88.4 Å². The number of hydrogen-bond donors (Lipinski definition) is 2. The Morgan fingerprint density at radius 3 is 2.43 bits per heavy atom. The molecule has 2 rings (SSSR count). The van der Waals surface area contributed by atoms with Crippen molar-refractivity contribution in [2.75, 3.05) is 7.05 Å². The first-order valence-corrected chi connectivity index (χ1v) is 8.64. The Morgan fingerprint density at radius 2 is 1.87 bits per heavy atom. The first kappa shape index (κ1) is 17.2. The average Bonchev–Trinajstić information content (AvgIpc) is 2.94. The lowest BCUT2D eigenvalue weighted by molar-refractivity contribution is 0.0934. The van der Waals surface area contributed by atoms with Gasteiger partial charge in [0.05, 0.1) is 10.9 Å². The average molecular weight is 336 g/mol. The molecule has 1 unspecified atom stereocenters. The summed E-state index contributed by atoms with van der Waals surface area (Å²) in [6.07, 6.45) is 0. The number of hydrogen-bond acceptors (Lipinski definition) is 4. The van der Waals surface area contributed by atoms with Gasteiger partial charge in [-0.25, -0.2) is 13.1 Å². The molecule has 1 atom stereocenters. The van der Waals surface area contributed by atoms with Gasteiger partial charge in [-0.05, 0) is 57.6 Å². The van der Waals surface area contributed by atoms with Gasteiger partial charge in [-0.2, -0.15) is 0 Å². The van der Waals surface area contributed by atoms with Gasteiger partial charge in [0.15, 0.2) is 0 Å². The number of carbonyl (C=O) groups is 1. The van der Waals surface area contributed by atoms with Crippen LogP contribution in [-0.4, -0.2) is 21.4 Å². The molecule has 1 aromatic heterocycles. The van der Waals surface area contributed by atoms with Gasteiger partial charge in [0.2, 0.25) is 10.0 Å². The van der Waals surface area contributed by atoms with E-state index in [0.717, 1.165) is 5.76 Å². The minimum atomic E-state index is -3.60. The molecule has 0 saturated heterocycles. The Balaban J connectivity index is 2.27. The molecule has 2 N–H and O–H groups in total. The van der Waals surface area contributed by atoms with Crippen molar-refractivity contribution >= 4 is 15.9 Å². The van der Waals surface area contributed by atoms with E-state index < -0.39 is 10.0 Å². The first-order valence-electron chi connectivity index (χ1n) is 7.16. The molecule has 1 heterocycles. The van der Waals surface area contributed by atoms with E-state index in [2.05, 4.69) is 10.0 Å². The van der Waals surface area contributed by atoms with Crippen molar-refractivity contribution in [3.8, 4) is 0 Å². The highest BCUT2D eigenvalue weighted by Crippen LogP contribution is 2.19. The van der Waals surface area contributed by atoms with Gasteiger partial charge in [-0.1, -0.05) is 6.07 Å². The standard InChI is InChI=1S/C16H20N2O4S/c1-10-5-7-13(23(20,21)17-4)9-14(10)16(19)18-12(3)15-8-6-11(2)22-15/h5-9,12,17H,1-4H3,(H,18,19). The quantitative estimate of drug-likeness (QED) is 0.877. The van der Waals surface area contributed by atoms with E-state index in [1.165, 1.54) is 19.2 Å². The highest BCUT2D eigenvalue weighted by molar-refractivity contribution is 7.89. The molecule has 0 aliphatic rings. The first-order chi connectivity index (χ1) is 10.7. The maximum atomic E-state index is 12.5. The summed E-state index contributed by atoms with van der Waals surface area (Å²) < 4.78 is 31.5. The fourth-order valence-corrected chi connectivity index (χ4v) is 2.92. The van der Waals surface area contributed by atoms with Crippen LogP contribution in [0.25, 0.3) is 0 Å². The van der Waals surface area contributed by atoms with E-state index >= 15 is 0 Å². The van der Waals surface area contributed by atoms with Crippen LogP contribution in [0.1, 0.15) is 40.4 Å². The molecule has 0 aliphatic heterocycles. The zero-order valence-electron chi connectivity index (χ0n) is 13.5. The third-order valence-corrected chi connectivity index (χ3v) is 4.98. The lowest BCUT2D eigenvalue weighted by Gasteiger charge is -2.14. The largest absolute Gasteiger partial charge is 0.464 e. The van der Waals surface area contributed by atoms with E-state index in [-0.39, 0.29) is 16.8 Å². The molecule has 23 heavy (non-hydrogen) atoms. The van der Waals surface area contributed by atoms with Gasteiger partial charge in [0.25, 0.3) is 5.91 Å². The normalized spacial score (nSPS) is 12.9. The molecule has 0 radical (unpaired) electrons. The summed E-state index contributed by atoms with van der Waals surface area (Å²) in [5, 5.41) is 2.82. The number of furan rings is 1. The Labute approximate surface area is 135 Å². The Hall–Kier alpha value is -2.12. The van der Waals surface area contributed by atoms with Gasteiger partial charge < -0.3 is 9.73 Å². The lowest BCUT2D eigenvalue weighted by Crippen LogP contribution is -2.27. The summed E-state index contributed by atoms with van der Waals surface area (Å²) in [5.41, 5.74) is 1.01. The number of sulfonamides is 1. The summed E-state index contributed by atoms with van der Waals surface area (Å²) in [4.78, 5) is 12.5. The van der Waals surface area contributed by atoms with E-state index in [0.29, 0.717) is 16.9 Å². The molecular weight excluding hydrogens is 316 g/mol. The fraction of sp³-hybridized carbons (Fsp3) is 0.312. The second-order valence-electron chi connectivity index (χ2n) is 5.33. The van der Waals surface area contributed by atoms with Crippen molar-refractivity contribution in [2.45, 2.75) is 31.7 Å². The van der Waals surface area contributed by atoms with Crippen molar-refractivity contribution in [1.29, 1.82) is 0 Å². The molecule has 1 amide bonds. The van der Waals surface area contributed by atoms with E-state index in [9.17, 15) is 13.2 Å². The molecule has 0 bridgehead atoms. The zero-order chi connectivity index (χ0) is 17.2. The van der Waals surface area contributed by atoms with Crippen LogP contribution in [0.3, 0.4) is 0 Å². The number of aryl methyl sites for hydroxylation is 2. The number of benzene rings is 1. The van der Waals surface area contributed by atoms with Crippen molar-refractivity contribution in [2.24, 2.45) is 0 Å². The summed E-state index contributed by atoms with van der Waals surface area (Å²) in [6.45, 7) is 5.39. The van der Waals surface area contributed by atoms with Crippen LogP contribution < -0.4 is 10.0 Å². The van der Waals surface area contributed by atoms with E-state index in [4.69, 9.17) is 4.42 Å². The summed E-state index contributed by atoms with van der Waals surface area (Å²) in [7, 11) is -2.27. The number of amides is 1. The monoisotopic (exact) mass is 336 g/mol. The minimum absolute atomic E-state index is 0.0530. The summed E-state index contributed by atoms with van der Waals surface area (Å²) >= 11 is 0. The van der Waals surface area contributed by atoms with Gasteiger partial charge in [-0.3, -0.25) is 4.79 Å². The highest BCUT2D eigenvalue weighted by Gasteiger charge is 2.19. The van der Waals surface area contributed by atoms with Crippen LogP contribution >= 0.6 is 0 Å². The second-order valence-corrected chi connectivity index (χ2v) is 7.21. The summed E-state index contributed by atoms with van der Waals surface area (Å²) in [5.74, 6) is 1.06. The maximum Gasteiger partial charge on any atom is 0.252 e. The molecule has 1 aromatic carbocycles. The third kappa shape index (κ3) is 3.80. The highest BCUT2D eigenvalue weighted by atomic mass is 32.2. The number of nitrogens with one attached hydrogen (secondary N) is 2. The maximum absolute atomic E-state index is 12.5. The molecule has 6 nitrogen and oxygen atoms in total. The van der Waals surface area contributed by atoms with Gasteiger partial charge in [0, 0.05) is 5.56 Å². The Bertz CT molecular complexity index is 824. The zero-order valence-corrected chi connectivity index (χ0v) is 14.3. The van der Waals surface area contributed by atoms with Crippen molar-refractivity contribution < 1.29 is 17.6 Å². The van der Waals surface area contributed by atoms with Crippen LogP contribution in [0.15, 0.2) is 39.6 Å². The van der Waals surface area contributed by atoms with Crippen molar-refractivity contribution in [1.82, 2.24) is 10.0 Å². The Morgan fingerprint density at radius 1 is 1.17 bits per heavy atom. The molecule has 0 fully saturated rings. The lowest BCUT2D eigenvalue weighted by atomic mass is 10.1. The predicted octanol–water partition coefficient (Wildman–Crippen LogP) is 2.30. The second kappa shape index (κ2) is 6.55. The Kier molecular flexibility index (Phi) is 4.91. The summed E-state index contributed by atoms with van der Waals surface area (Å²) in [6, 6.07) is 7.76. The van der Waals surface area contributed by atoms with Crippen LogP contribution in [0.2, 0.25) is 0 Å². The van der Waals surface area contributed by atoms with E-state index in [1.807, 2.05) is 13.0 Å². The van der Waals surface area contributed by atoms with Crippen molar-refractivity contribution in [3.05, 3.63) is 53.0 Å². The molecule has 124 valence electrons. The predicted molar refractivity (Wildman–Crippen MR) is 86.8 cm³/mol.